The van der Waals surface area contributed by atoms with Gasteiger partial charge in [0.05, 0.1) is 25.4 Å². The van der Waals surface area contributed by atoms with Crippen LogP contribution in [0.25, 0.3) is 0 Å². The average Bonchev–Trinajstić information content (AvgIpc) is 3.79. The topological polar surface area (TPSA) is 220 Å². The number of allylic oxidation sites excluding steroid dienone is 1. The van der Waals surface area contributed by atoms with Gasteiger partial charge in [-0.2, -0.15) is 0 Å². The molecular weight excluding hydrogens is 604 g/mol. The Hall–Kier alpha value is -1.72. The first-order chi connectivity index (χ1) is 22.1. The van der Waals surface area contributed by atoms with Gasteiger partial charge in [0.15, 0.2) is 12.6 Å². The van der Waals surface area contributed by atoms with E-state index < -0.39 is 86.3 Å². The minimum Gasteiger partial charge on any atom is -0.394 e. The van der Waals surface area contributed by atoms with E-state index in [0.717, 1.165) is 44.9 Å². The first kappa shape index (κ1) is 38.7. The van der Waals surface area contributed by atoms with Crippen molar-refractivity contribution in [3.8, 4) is 0 Å². The second kappa shape index (κ2) is 19.9. The van der Waals surface area contributed by atoms with Crippen LogP contribution < -0.4 is 10.6 Å². The molecule has 3 fully saturated rings. The van der Waals surface area contributed by atoms with E-state index in [-0.39, 0.29) is 6.42 Å². The quantitative estimate of drug-likeness (QED) is 0.0488. The van der Waals surface area contributed by atoms with Crippen LogP contribution in [0.2, 0.25) is 0 Å². The minimum absolute atomic E-state index is 0.175. The SMILES string of the molecule is CCCCC1OC1C/C=C\CCCCCCCCC(=O)NC1[C@H](O)OC(CO)[C@@H](O[C@@H]2OC(CO)[C@@H](O)[C@H](O)C2NC(C)=O)[C@@H]1O. The predicted octanol–water partition coefficient (Wildman–Crippen LogP) is -0.105. The lowest BCUT2D eigenvalue weighted by atomic mass is 9.94. The molecule has 0 radical (unpaired) electrons. The first-order valence-corrected chi connectivity index (χ1v) is 16.9. The van der Waals surface area contributed by atoms with E-state index in [1.165, 1.54) is 26.2 Å². The van der Waals surface area contributed by atoms with Crippen LogP contribution in [0.5, 0.6) is 0 Å². The Balaban J connectivity index is 1.38. The number of carbonyl (C=O) groups is 2. The van der Waals surface area contributed by atoms with E-state index in [1.54, 1.807) is 0 Å². The van der Waals surface area contributed by atoms with Gasteiger partial charge in [0.1, 0.15) is 48.7 Å². The third-order valence-corrected chi connectivity index (χ3v) is 8.83. The summed E-state index contributed by atoms with van der Waals surface area (Å²) in [6, 6.07) is -2.61. The lowest BCUT2D eigenvalue weighted by molar-refractivity contribution is -0.327. The lowest BCUT2D eigenvalue weighted by Gasteiger charge is -2.47. The summed E-state index contributed by atoms with van der Waals surface area (Å²) in [6.45, 7) is 2.01. The van der Waals surface area contributed by atoms with Crippen LogP contribution in [0.4, 0.5) is 0 Å². The van der Waals surface area contributed by atoms with Crippen molar-refractivity contribution in [2.75, 3.05) is 13.2 Å². The minimum atomic E-state index is -1.65. The Labute approximate surface area is 271 Å². The summed E-state index contributed by atoms with van der Waals surface area (Å²) in [6.07, 6.45) is 5.17. The number of aliphatic hydroxyl groups is 6. The van der Waals surface area contributed by atoms with E-state index in [1.807, 2.05) is 0 Å². The van der Waals surface area contributed by atoms with Gasteiger partial charge in [-0.25, -0.2) is 0 Å². The molecule has 6 unspecified atom stereocenters. The Morgan fingerprint density at radius 3 is 2.11 bits per heavy atom. The number of nitrogens with one attached hydrogen (secondary N) is 2. The van der Waals surface area contributed by atoms with Crippen LogP contribution in [0, 0.1) is 0 Å². The van der Waals surface area contributed by atoms with E-state index in [9.17, 15) is 40.2 Å². The van der Waals surface area contributed by atoms with Crippen molar-refractivity contribution in [2.24, 2.45) is 0 Å². The van der Waals surface area contributed by atoms with E-state index in [0.29, 0.717) is 18.6 Å². The zero-order valence-corrected chi connectivity index (χ0v) is 27.1. The molecule has 14 nitrogen and oxygen atoms in total. The molecular formula is C32H56N2O12. The predicted molar refractivity (Wildman–Crippen MR) is 165 cm³/mol. The molecule has 14 heteroatoms. The highest BCUT2D eigenvalue weighted by Gasteiger charge is 2.51. The number of amides is 2. The maximum absolute atomic E-state index is 12.7. The Kier molecular flexibility index (Phi) is 16.8. The highest BCUT2D eigenvalue weighted by Crippen LogP contribution is 2.31. The van der Waals surface area contributed by atoms with Gasteiger partial charge < -0.3 is 60.2 Å². The second-order valence-corrected chi connectivity index (χ2v) is 12.6. The van der Waals surface area contributed by atoms with Gasteiger partial charge in [-0.05, 0) is 32.1 Å². The van der Waals surface area contributed by atoms with E-state index in [4.69, 9.17) is 18.9 Å². The molecule has 3 rings (SSSR count). The second-order valence-electron chi connectivity index (χ2n) is 12.6. The van der Waals surface area contributed by atoms with Crippen molar-refractivity contribution in [1.82, 2.24) is 10.6 Å². The van der Waals surface area contributed by atoms with Crippen molar-refractivity contribution in [3.05, 3.63) is 12.2 Å². The van der Waals surface area contributed by atoms with E-state index in [2.05, 4.69) is 29.7 Å². The lowest BCUT2D eigenvalue weighted by Crippen LogP contribution is -2.69. The van der Waals surface area contributed by atoms with Crippen molar-refractivity contribution in [3.63, 3.8) is 0 Å². The van der Waals surface area contributed by atoms with Crippen LogP contribution in [-0.2, 0) is 28.5 Å². The summed E-state index contributed by atoms with van der Waals surface area (Å²) in [7, 11) is 0. The number of hydrogen-bond donors (Lipinski definition) is 8. The van der Waals surface area contributed by atoms with Crippen LogP contribution in [0.15, 0.2) is 12.2 Å². The first-order valence-electron chi connectivity index (χ1n) is 16.9. The summed E-state index contributed by atoms with van der Waals surface area (Å²) in [5, 5.41) is 66.8. The van der Waals surface area contributed by atoms with Crippen molar-refractivity contribution in [2.45, 2.75) is 164 Å². The van der Waals surface area contributed by atoms with Gasteiger partial charge in [0.2, 0.25) is 11.8 Å². The van der Waals surface area contributed by atoms with Crippen molar-refractivity contribution < 1.29 is 59.2 Å². The Morgan fingerprint density at radius 2 is 1.43 bits per heavy atom. The fourth-order valence-electron chi connectivity index (χ4n) is 6.05. The maximum atomic E-state index is 12.7. The molecule has 3 aliphatic heterocycles. The van der Waals surface area contributed by atoms with Crippen molar-refractivity contribution >= 4 is 11.8 Å². The average molecular weight is 661 g/mol. The molecule has 2 amide bonds. The largest absolute Gasteiger partial charge is 0.394 e. The molecule has 3 heterocycles. The van der Waals surface area contributed by atoms with Gasteiger partial charge in [-0.15, -0.1) is 0 Å². The molecule has 0 bridgehead atoms. The number of epoxide rings is 1. The number of carbonyl (C=O) groups excluding carboxylic acids is 2. The molecule has 0 spiro atoms. The molecule has 3 aliphatic rings. The van der Waals surface area contributed by atoms with Crippen LogP contribution in [-0.4, -0.2) is 129 Å². The smallest absolute Gasteiger partial charge is 0.220 e. The van der Waals surface area contributed by atoms with Gasteiger partial charge in [0, 0.05) is 13.3 Å². The van der Waals surface area contributed by atoms with Crippen LogP contribution in [0.1, 0.15) is 90.9 Å². The van der Waals surface area contributed by atoms with Gasteiger partial charge in [0.25, 0.3) is 0 Å². The molecule has 0 aliphatic carbocycles. The third-order valence-electron chi connectivity index (χ3n) is 8.83. The molecule has 0 saturated carbocycles. The van der Waals surface area contributed by atoms with Gasteiger partial charge >= 0.3 is 0 Å². The van der Waals surface area contributed by atoms with E-state index >= 15 is 0 Å². The normalized spacial score (nSPS) is 36.1. The van der Waals surface area contributed by atoms with Gasteiger partial charge in [-0.3, -0.25) is 9.59 Å². The standard InChI is InChI=1S/C32H56N2O12/c1-3-4-14-20-21(43-20)15-12-10-8-6-5-7-9-11-13-16-24(38)34-25-29(41)30(23(18-36)44-31(25)42)46-32-26(33-19(2)37)28(40)27(39)22(17-35)45-32/h10,12,20-23,25-32,35-36,39-42H,3-9,11,13-18H2,1-2H3,(H,33,37)(H,34,38)/b12-10-/t20?,21?,22?,23?,25?,26?,27-,28-,29-,30-,31-,32+/m1/s1. The molecule has 0 aromatic heterocycles. The fourth-order valence-corrected chi connectivity index (χ4v) is 6.05. The summed E-state index contributed by atoms with van der Waals surface area (Å²) in [4.78, 5) is 24.4. The third kappa shape index (κ3) is 11.8. The maximum Gasteiger partial charge on any atom is 0.220 e. The molecule has 8 N–H and O–H groups in total. The zero-order valence-electron chi connectivity index (χ0n) is 27.1. The molecule has 0 aromatic carbocycles. The summed E-state index contributed by atoms with van der Waals surface area (Å²) in [5.74, 6) is -0.975. The molecule has 46 heavy (non-hydrogen) atoms. The summed E-state index contributed by atoms with van der Waals surface area (Å²) < 4.78 is 22.5. The molecule has 266 valence electrons. The summed E-state index contributed by atoms with van der Waals surface area (Å²) >= 11 is 0. The number of hydrogen-bond acceptors (Lipinski definition) is 12. The molecule has 12 atom stereocenters. The number of rotatable bonds is 20. The highest BCUT2D eigenvalue weighted by molar-refractivity contribution is 5.76. The number of ether oxygens (including phenoxy) is 4. The molecule has 0 aromatic rings. The van der Waals surface area contributed by atoms with Crippen LogP contribution >= 0.6 is 0 Å². The Morgan fingerprint density at radius 1 is 0.739 bits per heavy atom. The van der Waals surface area contributed by atoms with Crippen LogP contribution in [0.3, 0.4) is 0 Å². The zero-order chi connectivity index (χ0) is 33.6. The number of aliphatic hydroxyl groups excluding tert-OH is 6. The summed E-state index contributed by atoms with van der Waals surface area (Å²) in [5.41, 5.74) is 0. The van der Waals surface area contributed by atoms with Crippen molar-refractivity contribution in [1.29, 1.82) is 0 Å². The fraction of sp³-hybridized carbons (Fsp3) is 0.875. The highest BCUT2D eigenvalue weighted by atomic mass is 16.7. The number of unbranched alkanes of at least 4 members (excludes halogenated alkanes) is 7. The Bertz CT molecular complexity index is 941. The molecule has 3 saturated heterocycles. The monoisotopic (exact) mass is 660 g/mol. The van der Waals surface area contributed by atoms with Gasteiger partial charge in [-0.1, -0.05) is 57.6 Å².